The highest BCUT2D eigenvalue weighted by atomic mass is 35.5. The monoisotopic (exact) mass is 341 g/mol. The Hall–Kier alpha value is -1.40. The minimum Gasteiger partial charge on any atom is -0.238 e. The fourth-order valence-electron chi connectivity index (χ4n) is 2.09. The zero-order valence-corrected chi connectivity index (χ0v) is 12.9. The summed E-state index contributed by atoms with van der Waals surface area (Å²) < 4.78 is 32.1. The van der Waals surface area contributed by atoms with Crippen LogP contribution in [0.1, 0.15) is 17.2 Å². The first kappa shape index (κ1) is 14.5. The fraction of sp³-hybridized carbons (Fsp3) is 0.0714. The van der Waals surface area contributed by atoms with Gasteiger partial charge in [-0.1, -0.05) is 47.5 Å². The van der Waals surface area contributed by atoms with Crippen LogP contribution in [0.2, 0.25) is 10.0 Å². The lowest BCUT2D eigenvalue weighted by atomic mass is 9.99. The quantitative estimate of drug-likeness (QED) is 0.834. The van der Waals surface area contributed by atoms with E-state index in [1.165, 1.54) is 0 Å². The molecule has 108 valence electrons. The van der Waals surface area contributed by atoms with Crippen molar-refractivity contribution in [2.75, 3.05) is 0 Å². The minimum atomic E-state index is -3.96. The molecule has 4 nitrogen and oxygen atoms in total. The van der Waals surface area contributed by atoms with Gasteiger partial charge < -0.3 is 0 Å². The normalized spacial score (nSPS) is 20.3. The van der Waals surface area contributed by atoms with Gasteiger partial charge in [0.2, 0.25) is 0 Å². The van der Waals surface area contributed by atoms with E-state index in [1.54, 1.807) is 48.5 Å². The highest BCUT2D eigenvalue weighted by molar-refractivity contribution is 7.85. The highest BCUT2D eigenvalue weighted by Gasteiger charge is 2.34. The van der Waals surface area contributed by atoms with Crippen LogP contribution in [-0.2, 0) is 14.5 Å². The first-order chi connectivity index (χ1) is 9.94. The van der Waals surface area contributed by atoms with Gasteiger partial charge in [-0.2, -0.15) is 8.42 Å². The third-order valence-electron chi connectivity index (χ3n) is 2.95. The molecule has 0 saturated heterocycles. The zero-order valence-electron chi connectivity index (χ0n) is 10.5. The lowest BCUT2D eigenvalue weighted by Gasteiger charge is -2.12. The fourth-order valence-corrected chi connectivity index (χ4v) is 3.41. The predicted octanol–water partition coefficient (Wildman–Crippen LogP) is 3.80. The maximum absolute atomic E-state index is 11.7. The molecule has 7 heteroatoms. The van der Waals surface area contributed by atoms with Crippen molar-refractivity contribution < 1.29 is 12.6 Å². The van der Waals surface area contributed by atoms with Crippen molar-refractivity contribution in [2.45, 2.75) is 6.10 Å². The van der Waals surface area contributed by atoms with E-state index in [4.69, 9.17) is 27.4 Å². The highest BCUT2D eigenvalue weighted by Crippen LogP contribution is 2.33. The molecule has 1 atom stereocenters. The third kappa shape index (κ3) is 3.11. The largest absolute Gasteiger partial charge is 0.382 e. The first-order valence-corrected chi connectivity index (χ1v) is 8.11. The third-order valence-corrected chi connectivity index (χ3v) is 4.27. The van der Waals surface area contributed by atoms with Gasteiger partial charge in [0.25, 0.3) is 0 Å². The number of benzene rings is 2. The van der Waals surface area contributed by atoms with Gasteiger partial charge in [0.15, 0.2) is 0 Å². The summed E-state index contributed by atoms with van der Waals surface area (Å²) in [4.78, 5) is 0. The molecule has 1 unspecified atom stereocenters. The van der Waals surface area contributed by atoms with E-state index < -0.39 is 16.4 Å². The van der Waals surface area contributed by atoms with E-state index >= 15 is 0 Å². The number of hydrogen-bond acceptors (Lipinski definition) is 3. The summed E-state index contributed by atoms with van der Waals surface area (Å²) in [5, 5.41) is 0.982. The van der Waals surface area contributed by atoms with E-state index in [2.05, 4.69) is 4.40 Å². The van der Waals surface area contributed by atoms with Gasteiger partial charge in [0.1, 0.15) is 6.10 Å². The molecule has 0 radical (unpaired) electrons. The molecule has 1 aliphatic rings. The van der Waals surface area contributed by atoms with Crippen molar-refractivity contribution in [3.8, 4) is 0 Å². The van der Waals surface area contributed by atoms with Crippen LogP contribution >= 0.6 is 23.2 Å². The maximum atomic E-state index is 11.7. The molecule has 0 amide bonds. The van der Waals surface area contributed by atoms with E-state index in [-0.39, 0.29) is 0 Å². The molecule has 21 heavy (non-hydrogen) atoms. The van der Waals surface area contributed by atoms with Gasteiger partial charge in [-0.15, -0.1) is 4.40 Å². The first-order valence-electron chi connectivity index (χ1n) is 5.99. The van der Waals surface area contributed by atoms with E-state index in [9.17, 15) is 8.42 Å². The summed E-state index contributed by atoms with van der Waals surface area (Å²) in [6.45, 7) is 0. The van der Waals surface area contributed by atoms with Crippen molar-refractivity contribution >= 4 is 39.2 Å². The molecule has 0 fully saturated rings. The Labute approximate surface area is 132 Å². The molecule has 3 rings (SSSR count). The molecular weight excluding hydrogens is 333 g/mol. The Morgan fingerprint density at radius 1 is 1.00 bits per heavy atom. The Balaban J connectivity index is 2.11. The van der Waals surface area contributed by atoms with Gasteiger partial charge >= 0.3 is 10.3 Å². The molecule has 1 heterocycles. The van der Waals surface area contributed by atoms with Crippen molar-refractivity contribution in [1.29, 1.82) is 0 Å². The van der Waals surface area contributed by atoms with Gasteiger partial charge in [-0.05, 0) is 29.8 Å². The summed E-state index contributed by atoms with van der Waals surface area (Å²) in [7, 11) is -3.96. The predicted molar refractivity (Wildman–Crippen MR) is 82.2 cm³/mol. The molecule has 0 N–H and O–H groups in total. The van der Waals surface area contributed by atoms with Crippen molar-refractivity contribution in [2.24, 2.45) is 4.40 Å². The van der Waals surface area contributed by atoms with Crippen molar-refractivity contribution in [3.05, 3.63) is 69.7 Å². The number of halogens is 2. The van der Waals surface area contributed by atoms with Crippen LogP contribution in [0.15, 0.2) is 52.9 Å². The van der Waals surface area contributed by atoms with Crippen LogP contribution in [0.25, 0.3) is 0 Å². The minimum absolute atomic E-state index is 0.291. The van der Waals surface area contributed by atoms with Crippen LogP contribution in [-0.4, -0.2) is 14.1 Å². The second kappa shape index (κ2) is 5.42. The number of hydrogen-bond donors (Lipinski definition) is 0. The maximum Gasteiger partial charge on any atom is 0.382 e. The second-order valence-corrected chi connectivity index (χ2v) is 6.55. The molecule has 2 aromatic rings. The zero-order chi connectivity index (χ0) is 15.0. The topological polar surface area (TPSA) is 55.7 Å². The van der Waals surface area contributed by atoms with Gasteiger partial charge in [-0.3, -0.25) is 0 Å². The molecule has 1 aliphatic heterocycles. The molecule has 0 saturated carbocycles. The van der Waals surface area contributed by atoms with Crippen LogP contribution < -0.4 is 0 Å². The lowest BCUT2D eigenvalue weighted by molar-refractivity contribution is 0.292. The van der Waals surface area contributed by atoms with Crippen LogP contribution in [0, 0.1) is 0 Å². The summed E-state index contributed by atoms with van der Waals surface area (Å²) in [6.07, 6.45) is -0.827. The average molecular weight is 342 g/mol. The molecule has 0 spiro atoms. The van der Waals surface area contributed by atoms with Gasteiger partial charge in [0, 0.05) is 15.6 Å². The standard InChI is InChI=1S/C14H9Cl2NO3S/c15-11-5-1-3-9(7-11)13-14(20-21(18,19)17-13)10-4-2-6-12(16)8-10/h1-8,14H. The molecule has 0 aliphatic carbocycles. The summed E-state index contributed by atoms with van der Waals surface area (Å²) in [5.41, 5.74) is 1.50. The Morgan fingerprint density at radius 2 is 1.67 bits per heavy atom. The molecular formula is C14H9Cl2NO3S. The summed E-state index contributed by atoms with van der Waals surface area (Å²) >= 11 is 11.9. The Kier molecular flexibility index (Phi) is 3.75. The van der Waals surface area contributed by atoms with Gasteiger partial charge in [-0.25, -0.2) is 4.18 Å². The summed E-state index contributed by atoms with van der Waals surface area (Å²) in [6, 6.07) is 13.6. The van der Waals surface area contributed by atoms with Crippen LogP contribution in [0.4, 0.5) is 0 Å². The lowest BCUT2D eigenvalue weighted by Crippen LogP contribution is -2.11. The van der Waals surface area contributed by atoms with Crippen molar-refractivity contribution in [1.82, 2.24) is 0 Å². The van der Waals surface area contributed by atoms with Crippen LogP contribution in [0.3, 0.4) is 0 Å². The molecule has 0 bridgehead atoms. The smallest absolute Gasteiger partial charge is 0.238 e. The van der Waals surface area contributed by atoms with Gasteiger partial charge in [0.05, 0.1) is 5.71 Å². The van der Waals surface area contributed by atoms with E-state index in [1.807, 2.05) is 0 Å². The Bertz CT molecular complexity index is 834. The number of rotatable bonds is 2. The SMILES string of the molecule is O=S1(=O)N=C(c2cccc(Cl)c2)C(c2cccc(Cl)c2)O1. The average Bonchev–Trinajstić information content (AvgIpc) is 2.75. The van der Waals surface area contributed by atoms with Crippen molar-refractivity contribution in [3.63, 3.8) is 0 Å². The molecule has 0 aromatic heterocycles. The number of nitrogens with zero attached hydrogens (tertiary/aromatic N) is 1. The van der Waals surface area contributed by atoms with E-state index in [0.29, 0.717) is 26.9 Å². The molecule has 2 aromatic carbocycles. The van der Waals surface area contributed by atoms with E-state index in [0.717, 1.165) is 0 Å². The summed E-state index contributed by atoms with van der Waals surface area (Å²) in [5.74, 6) is 0. The second-order valence-electron chi connectivity index (χ2n) is 4.45. The Morgan fingerprint density at radius 3 is 2.33 bits per heavy atom. The van der Waals surface area contributed by atoms with Crippen LogP contribution in [0.5, 0.6) is 0 Å².